The molecule has 26 heavy (non-hydrogen) atoms. The zero-order valence-corrected chi connectivity index (χ0v) is 15.2. The molecule has 0 bridgehead atoms. The van der Waals surface area contributed by atoms with Crippen molar-refractivity contribution in [3.63, 3.8) is 0 Å². The Morgan fingerprint density at radius 3 is 2.15 bits per heavy atom. The van der Waals surface area contributed by atoms with Crippen LogP contribution in [-0.4, -0.2) is 37.5 Å². The molecule has 0 unspecified atom stereocenters. The molecule has 0 aliphatic rings. The number of ether oxygens (including phenoxy) is 3. The highest BCUT2D eigenvalue weighted by molar-refractivity contribution is 6.32. The number of nitrogens with one attached hydrogen (secondary N) is 1. The first-order valence-electron chi connectivity index (χ1n) is 7.67. The smallest absolute Gasteiger partial charge is 0.203 e. The second kappa shape index (κ2) is 7.88. The molecule has 3 rings (SSSR count). The van der Waals surface area contributed by atoms with Crippen LogP contribution in [0.3, 0.4) is 0 Å². The number of hydrogen-bond acceptors (Lipinski definition) is 7. The Kier molecular flexibility index (Phi) is 5.38. The number of nitrogens with zero attached hydrogens (tertiary/aromatic N) is 3. The number of hydrazone groups is 1. The lowest BCUT2D eigenvalue weighted by molar-refractivity contribution is 0.324. The van der Waals surface area contributed by atoms with Crippen LogP contribution >= 0.6 is 11.6 Å². The molecule has 0 saturated carbocycles. The van der Waals surface area contributed by atoms with Crippen molar-refractivity contribution in [1.82, 2.24) is 9.97 Å². The van der Waals surface area contributed by atoms with Gasteiger partial charge in [-0.1, -0.05) is 23.7 Å². The number of para-hydroxylation sites is 2. The fourth-order valence-corrected chi connectivity index (χ4v) is 2.57. The minimum Gasteiger partial charge on any atom is -0.493 e. The summed E-state index contributed by atoms with van der Waals surface area (Å²) in [5, 5.41) is 4.41. The molecule has 3 aromatic rings. The van der Waals surface area contributed by atoms with Crippen molar-refractivity contribution in [3.8, 4) is 17.2 Å². The molecule has 1 N–H and O–H groups in total. The van der Waals surface area contributed by atoms with Gasteiger partial charge in [-0.05, 0) is 24.3 Å². The lowest BCUT2D eigenvalue weighted by atomic mass is 10.2. The van der Waals surface area contributed by atoms with E-state index in [2.05, 4.69) is 20.5 Å². The SMILES string of the molecule is COc1cc(/C=N\Nc2nc3ccccc3nc2Cl)cc(OC)c1OC. The van der Waals surface area contributed by atoms with E-state index in [0.717, 1.165) is 16.6 Å². The molecule has 0 atom stereocenters. The molecule has 8 heteroatoms. The molecule has 0 saturated heterocycles. The van der Waals surface area contributed by atoms with Crippen LogP contribution in [0.25, 0.3) is 11.0 Å². The van der Waals surface area contributed by atoms with Gasteiger partial charge in [0.2, 0.25) is 5.75 Å². The first-order chi connectivity index (χ1) is 12.7. The molecular formula is C18H17ClN4O3. The van der Waals surface area contributed by atoms with Crippen LogP contribution in [0.4, 0.5) is 5.82 Å². The van der Waals surface area contributed by atoms with Crippen LogP contribution in [0.15, 0.2) is 41.5 Å². The van der Waals surface area contributed by atoms with E-state index in [-0.39, 0.29) is 5.15 Å². The molecule has 0 amide bonds. The molecule has 1 aromatic heterocycles. The van der Waals surface area contributed by atoms with Crippen molar-refractivity contribution < 1.29 is 14.2 Å². The van der Waals surface area contributed by atoms with Gasteiger partial charge in [-0.15, -0.1) is 0 Å². The average molecular weight is 373 g/mol. The van der Waals surface area contributed by atoms with Gasteiger partial charge < -0.3 is 14.2 Å². The zero-order chi connectivity index (χ0) is 18.5. The second-order valence-corrected chi connectivity index (χ2v) is 5.54. The van der Waals surface area contributed by atoms with Gasteiger partial charge >= 0.3 is 0 Å². The van der Waals surface area contributed by atoms with Gasteiger partial charge in [0.05, 0.1) is 38.6 Å². The van der Waals surface area contributed by atoms with Crippen LogP contribution in [-0.2, 0) is 0 Å². The Morgan fingerprint density at radius 1 is 0.962 bits per heavy atom. The lowest BCUT2D eigenvalue weighted by Crippen LogP contribution is -1.99. The van der Waals surface area contributed by atoms with E-state index in [9.17, 15) is 0 Å². The van der Waals surface area contributed by atoms with Crippen molar-refractivity contribution in [2.24, 2.45) is 5.10 Å². The Labute approximate surface area is 155 Å². The zero-order valence-electron chi connectivity index (χ0n) is 14.5. The lowest BCUT2D eigenvalue weighted by Gasteiger charge is -2.12. The first-order valence-corrected chi connectivity index (χ1v) is 8.05. The van der Waals surface area contributed by atoms with Gasteiger partial charge in [0, 0.05) is 5.56 Å². The molecule has 0 spiro atoms. The molecule has 0 radical (unpaired) electrons. The number of fused-ring (bicyclic) bond motifs is 1. The summed E-state index contributed by atoms with van der Waals surface area (Å²) in [7, 11) is 4.66. The number of hydrogen-bond donors (Lipinski definition) is 1. The van der Waals surface area contributed by atoms with E-state index in [4.69, 9.17) is 25.8 Å². The molecule has 7 nitrogen and oxygen atoms in total. The van der Waals surface area contributed by atoms with Crippen LogP contribution < -0.4 is 19.6 Å². The molecule has 0 aliphatic carbocycles. The molecule has 2 aromatic carbocycles. The number of halogens is 1. The van der Waals surface area contributed by atoms with Crippen LogP contribution in [0.1, 0.15) is 5.56 Å². The monoisotopic (exact) mass is 372 g/mol. The van der Waals surface area contributed by atoms with E-state index < -0.39 is 0 Å². The predicted octanol–water partition coefficient (Wildman–Crippen LogP) is 3.76. The first kappa shape index (κ1) is 17.8. The highest BCUT2D eigenvalue weighted by Crippen LogP contribution is 2.37. The fourth-order valence-electron chi connectivity index (χ4n) is 2.39. The van der Waals surface area contributed by atoms with E-state index in [1.165, 1.54) is 0 Å². The van der Waals surface area contributed by atoms with Gasteiger partial charge in [-0.2, -0.15) is 5.10 Å². The van der Waals surface area contributed by atoms with Gasteiger partial charge in [0.15, 0.2) is 22.5 Å². The van der Waals surface area contributed by atoms with E-state index in [0.29, 0.717) is 23.1 Å². The largest absolute Gasteiger partial charge is 0.493 e. The minimum absolute atomic E-state index is 0.241. The van der Waals surface area contributed by atoms with Crippen molar-refractivity contribution in [2.45, 2.75) is 0 Å². The van der Waals surface area contributed by atoms with Crippen LogP contribution in [0.2, 0.25) is 5.15 Å². The summed E-state index contributed by atoms with van der Waals surface area (Å²) in [6.45, 7) is 0. The van der Waals surface area contributed by atoms with E-state index >= 15 is 0 Å². The third-order valence-corrected chi connectivity index (χ3v) is 3.86. The van der Waals surface area contributed by atoms with Crippen molar-refractivity contribution >= 4 is 34.7 Å². The summed E-state index contributed by atoms with van der Waals surface area (Å²) in [5.74, 6) is 1.96. The van der Waals surface area contributed by atoms with Gasteiger partial charge in [-0.3, -0.25) is 5.43 Å². The number of rotatable bonds is 6. The molecule has 0 aliphatic heterocycles. The number of benzene rings is 2. The summed E-state index contributed by atoms with van der Waals surface area (Å²) in [4.78, 5) is 8.70. The minimum atomic E-state index is 0.241. The summed E-state index contributed by atoms with van der Waals surface area (Å²) >= 11 is 6.15. The second-order valence-electron chi connectivity index (χ2n) is 5.18. The number of anilines is 1. The van der Waals surface area contributed by atoms with Gasteiger partial charge in [0.1, 0.15) is 0 Å². The molecule has 1 heterocycles. The third kappa shape index (κ3) is 3.62. The predicted molar refractivity (Wildman–Crippen MR) is 102 cm³/mol. The average Bonchev–Trinajstić information content (AvgIpc) is 2.67. The van der Waals surface area contributed by atoms with Crippen molar-refractivity contribution in [1.29, 1.82) is 0 Å². The maximum Gasteiger partial charge on any atom is 0.203 e. The van der Waals surface area contributed by atoms with Crippen molar-refractivity contribution in [2.75, 3.05) is 26.8 Å². The van der Waals surface area contributed by atoms with E-state index in [1.807, 2.05) is 24.3 Å². The Balaban J connectivity index is 1.86. The Hall–Kier alpha value is -3.06. The quantitative estimate of drug-likeness (QED) is 0.524. The Morgan fingerprint density at radius 2 is 1.58 bits per heavy atom. The summed E-state index contributed by atoms with van der Waals surface area (Å²) in [6, 6.07) is 11.0. The third-order valence-electron chi connectivity index (χ3n) is 3.60. The van der Waals surface area contributed by atoms with Gasteiger partial charge in [-0.25, -0.2) is 9.97 Å². The highest BCUT2D eigenvalue weighted by atomic mass is 35.5. The fraction of sp³-hybridized carbons (Fsp3) is 0.167. The highest BCUT2D eigenvalue weighted by Gasteiger charge is 2.12. The van der Waals surface area contributed by atoms with Gasteiger partial charge in [0.25, 0.3) is 0 Å². The number of aromatic nitrogens is 2. The standard InChI is InChI=1S/C18H17ClN4O3/c1-24-14-8-11(9-15(25-2)16(14)26-3)10-20-23-18-17(19)21-12-6-4-5-7-13(12)22-18/h4-10H,1-3H3,(H,22,23)/b20-10-. The maximum atomic E-state index is 6.15. The molecular weight excluding hydrogens is 356 g/mol. The van der Waals surface area contributed by atoms with E-state index in [1.54, 1.807) is 39.7 Å². The molecule has 134 valence electrons. The summed E-state index contributed by atoms with van der Waals surface area (Å²) < 4.78 is 15.9. The van der Waals surface area contributed by atoms with Crippen LogP contribution in [0.5, 0.6) is 17.2 Å². The number of methoxy groups -OCH3 is 3. The topological polar surface area (TPSA) is 77.9 Å². The maximum absolute atomic E-state index is 6.15. The van der Waals surface area contributed by atoms with Crippen molar-refractivity contribution in [3.05, 3.63) is 47.1 Å². The normalized spacial score (nSPS) is 10.9. The van der Waals surface area contributed by atoms with Crippen LogP contribution in [0, 0.1) is 0 Å². The Bertz CT molecular complexity index is 937. The summed E-state index contributed by atoms with van der Waals surface area (Å²) in [5.41, 5.74) is 5.00. The molecule has 0 fully saturated rings. The summed E-state index contributed by atoms with van der Waals surface area (Å²) in [6.07, 6.45) is 1.59.